The maximum atomic E-state index is 6.11. The van der Waals surface area contributed by atoms with Crippen LogP contribution in [0.25, 0.3) is 0 Å². The molecule has 2 fully saturated rings. The van der Waals surface area contributed by atoms with E-state index in [1.165, 1.54) is 12.8 Å². The third-order valence-corrected chi connectivity index (χ3v) is 3.90. The van der Waals surface area contributed by atoms with Crippen molar-refractivity contribution in [2.24, 2.45) is 0 Å². The molecule has 0 amide bonds. The molecule has 0 atom stereocenters. The van der Waals surface area contributed by atoms with Crippen molar-refractivity contribution >= 4 is 0 Å². The normalized spacial score (nSPS) is 25.1. The first kappa shape index (κ1) is 15.0. The molecule has 0 radical (unpaired) electrons. The number of hydrogen-bond acceptors (Lipinski definition) is 5. The first-order valence-corrected chi connectivity index (χ1v) is 7.92. The predicted octanol–water partition coefficient (Wildman–Crippen LogP) is 2.32. The Morgan fingerprint density at radius 2 is 1.90 bits per heavy atom. The molecule has 1 aromatic rings. The highest BCUT2D eigenvalue weighted by molar-refractivity contribution is 5.06. The number of ether oxygens (including phenoxy) is 1. The quantitative estimate of drug-likeness (QED) is 0.903. The number of morpholine rings is 1. The molecule has 1 aromatic heterocycles. The second-order valence-electron chi connectivity index (χ2n) is 7.71. The van der Waals surface area contributed by atoms with Gasteiger partial charge in [0.15, 0.2) is 5.76 Å². The van der Waals surface area contributed by atoms with Crippen molar-refractivity contribution in [3.8, 4) is 0 Å². The molecule has 0 spiro atoms. The van der Waals surface area contributed by atoms with E-state index in [9.17, 15) is 0 Å². The first-order valence-electron chi connectivity index (χ1n) is 7.92. The molecule has 2 heterocycles. The van der Waals surface area contributed by atoms with Gasteiger partial charge in [-0.15, -0.1) is 0 Å². The average molecular weight is 293 g/mol. The molecule has 21 heavy (non-hydrogen) atoms. The van der Waals surface area contributed by atoms with E-state index in [2.05, 4.69) is 49.1 Å². The van der Waals surface area contributed by atoms with Crippen LogP contribution in [0.4, 0.5) is 0 Å². The van der Waals surface area contributed by atoms with E-state index in [4.69, 9.17) is 9.26 Å². The Hall–Kier alpha value is -0.910. The Morgan fingerprint density at radius 1 is 1.24 bits per heavy atom. The van der Waals surface area contributed by atoms with Crippen molar-refractivity contribution in [1.82, 2.24) is 15.4 Å². The summed E-state index contributed by atoms with van der Waals surface area (Å²) in [6, 6.07) is 2.77. The van der Waals surface area contributed by atoms with Gasteiger partial charge in [0.05, 0.1) is 23.4 Å². The average Bonchev–Trinajstić information content (AvgIpc) is 3.04. The molecule has 5 nitrogen and oxygen atoms in total. The van der Waals surface area contributed by atoms with Gasteiger partial charge in [0, 0.05) is 31.7 Å². The fourth-order valence-corrected chi connectivity index (χ4v) is 3.33. The minimum atomic E-state index is -0.127. The molecule has 1 aliphatic carbocycles. The van der Waals surface area contributed by atoms with Crippen molar-refractivity contribution in [2.75, 3.05) is 13.1 Å². The lowest BCUT2D eigenvalue weighted by atomic mass is 9.99. The second kappa shape index (κ2) is 5.38. The third-order valence-electron chi connectivity index (χ3n) is 3.90. The van der Waals surface area contributed by atoms with Crippen molar-refractivity contribution in [1.29, 1.82) is 0 Å². The highest BCUT2D eigenvalue weighted by Crippen LogP contribution is 2.29. The number of nitrogens with one attached hydrogen (secondary N) is 1. The summed E-state index contributed by atoms with van der Waals surface area (Å²) in [4.78, 5) is 2.39. The van der Waals surface area contributed by atoms with E-state index in [1.54, 1.807) is 0 Å². The van der Waals surface area contributed by atoms with Crippen LogP contribution in [-0.4, -0.2) is 40.4 Å². The van der Waals surface area contributed by atoms with E-state index >= 15 is 0 Å². The molecule has 2 aliphatic rings. The van der Waals surface area contributed by atoms with Crippen LogP contribution in [0.15, 0.2) is 10.6 Å². The van der Waals surface area contributed by atoms with Gasteiger partial charge >= 0.3 is 0 Å². The number of hydrogen-bond donors (Lipinski definition) is 1. The van der Waals surface area contributed by atoms with Crippen LogP contribution in [0.3, 0.4) is 0 Å². The zero-order chi connectivity index (χ0) is 15.1. The number of nitrogens with zero attached hydrogens (tertiary/aromatic N) is 2. The molecule has 0 unspecified atom stereocenters. The SMILES string of the molecule is CC1(C)CN(Cc2cc(CNC3CC3)no2)CC(C)(C)O1. The summed E-state index contributed by atoms with van der Waals surface area (Å²) in [6.45, 7) is 12.0. The minimum absolute atomic E-state index is 0.127. The highest BCUT2D eigenvalue weighted by Gasteiger charge is 2.38. The fourth-order valence-electron chi connectivity index (χ4n) is 3.33. The molecule has 0 aromatic carbocycles. The van der Waals surface area contributed by atoms with E-state index in [0.29, 0.717) is 6.04 Å². The van der Waals surface area contributed by atoms with Gasteiger partial charge in [-0.2, -0.15) is 0 Å². The highest BCUT2D eigenvalue weighted by atomic mass is 16.5. The van der Waals surface area contributed by atoms with E-state index in [0.717, 1.165) is 37.6 Å². The summed E-state index contributed by atoms with van der Waals surface area (Å²) in [5.41, 5.74) is 0.750. The Bertz CT molecular complexity index is 475. The summed E-state index contributed by atoms with van der Waals surface area (Å²) >= 11 is 0. The lowest BCUT2D eigenvalue weighted by molar-refractivity contribution is -0.182. The van der Waals surface area contributed by atoms with Gasteiger partial charge < -0.3 is 14.6 Å². The van der Waals surface area contributed by atoms with Crippen molar-refractivity contribution in [2.45, 2.75) is 70.9 Å². The third kappa shape index (κ3) is 4.28. The molecule has 1 N–H and O–H groups in total. The van der Waals surface area contributed by atoms with E-state index < -0.39 is 0 Å². The van der Waals surface area contributed by atoms with Gasteiger partial charge in [-0.05, 0) is 40.5 Å². The van der Waals surface area contributed by atoms with Crippen LogP contribution in [0.1, 0.15) is 52.0 Å². The van der Waals surface area contributed by atoms with E-state index in [-0.39, 0.29) is 11.2 Å². The standard InChI is InChI=1S/C16H27N3O2/c1-15(2)10-19(11-16(3,4)21-15)9-14-7-13(18-20-14)8-17-12-5-6-12/h7,12,17H,5-6,8-11H2,1-4H3. The van der Waals surface area contributed by atoms with Gasteiger partial charge in [0.25, 0.3) is 0 Å². The molecule has 3 rings (SSSR count). The predicted molar refractivity (Wildman–Crippen MR) is 80.9 cm³/mol. The maximum absolute atomic E-state index is 6.11. The van der Waals surface area contributed by atoms with Gasteiger partial charge in [0.2, 0.25) is 0 Å². The summed E-state index contributed by atoms with van der Waals surface area (Å²) in [5, 5.41) is 7.62. The number of aromatic nitrogens is 1. The van der Waals surface area contributed by atoms with Crippen LogP contribution < -0.4 is 5.32 Å². The molecule has 1 saturated heterocycles. The summed E-state index contributed by atoms with van der Waals surface area (Å²) in [5.74, 6) is 0.941. The Labute approximate surface area is 127 Å². The molecule has 1 aliphatic heterocycles. The summed E-state index contributed by atoms with van der Waals surface area (Å²) < 4.78 is 11.6. The zero-order valence-corrected chi connectivity index (χ0v) is 13.6. The Balaban J connectivity index is 1.57. The monoisotopic (exact) mass is 293 g/mol. The minimum Gasteiger partial charge on any atom is -0.367 e. The van der Waals surface area contributed by atoms with Crippen molar-refractivity contribution < 1.29 is 9.26 Å². The lowest BCUT2D eigenvalue weighted by Gasteiger charge is -2.46. The molecular formula is C16H27N3O2. The number of rotatable bonds is 5. The second-order valence-corrected chi connectivity index (χ2v) is 7.71. The largest absolute Gasteiger partial charge is 0.367 e. The van der Waals surface area contributed by atoms with Gasteiger partial charge in [-0.1, -0.05) is 5.16 Å². The molecule has 1 saturated carbocycles. The van der Waals surface area contributed by atoms with Crippen LogP contribution in [0.5, 0.6) is 0 Å². The van der Waals surface area contributed by atoms with Crippen LogP contribution in [0, 0.1) is 0 Å². The van der Waals surface area contributed by atoms with Crippen molar-refractivity contribution in [3.63, 3.8) is 0 Å². The van der Waals surface area contributed by atoms with Crippen molar-refractivity contribution in [3.05, 3.63) is 17.5 Å². The summed E-state index contributed by atoms with van der Waals surface area (Å²) in [6.07, 6.45) is 2.59. The van der Waals surface area contributed by atoms with Crippen LogP contribution in [-0.2, 0) is 17.8 Å². The fraction of sp³-hybridized carbons (Fsp3) is 0.812. The summed E-state index contributed by atoms with van der Waals surface area (Å²) in [7, 11) is 0. The Morgan fingerprint density at radius 3 is 2.52 bits per heavy atom. The van der Waals surface area contributed by atoms with Gasteiger partial charge in [0.1, 0.15) is 0 Å². The van der Waals surface area contributed by atoms with Gasteiger partial charge in [-0.25, -0.2) is 0 Å². The smallest absolute Gasteiger partial charge is 0.151 e. The molecular weight excluding hydrogens is 266 g/mol. The topological polar surface area (TPSA) is 50.5 Å². The first-order chi connectivity index (χ1) is 9.81. The molecule has 5 heteroatoms. The molecule has 0 bridgehead atoms. The zero-order valence-electron chi connectivity index (χ0n) is 13.6. The van der Waals surface area contributed by atoms with Crippen LogP contribution >= 0.6 is 0 Å². The van der Waals surface area contributed by atoms with Gasteiger partial charge in [-0.3, -0.25) is 4.90 Å². The van der Waals surface area contributed by atoms with Crippen LogP contribution in [0.2, 0.25) is 0 Å². The lowest BCUT2D eigenvalue weighted by Crippen LogP contribution is -2.56. The maximum Gasteiger partial charge on any atom is 0.151 e. The Kier molecular flexibility index (Phi) is 3.84. The van der Waals surface area contributed by atoms with E-state index in [1.807, 2.05) is 0 Å². The molecule has 118 valence electrons.